The Kier molecular flexibility index (Phi) is 16.8. The van der Waals surface area contributed by atoms with Crippen LogP contribution in [0.4, 0.5) is 0 Å². The van der Waals surface area contributed by atoms with E-state index in [1.807, 2.05) is 7.11 Å². The molecule has 0 spiro atoms. The fourth-order valence-corrected chi connectivity index (χ4v) is 22.8. The van der Waals surface area contributed by atoms with E-state index in [0.717, 1.165) is 6.61 Å². The topological polar surface area (TPSA) is 9.23 Å². The zero-order valence-corrected chi connectivity index (χ0v) is 33.0. The second kappa shape index (κ2) is 16.0. The molecule has 212 valence electrons. The van der Waals surface area contributed by atoms with E-state index < -0.39 is 24.2 Å². The summed E-state index contributed by atoms with van der Waals surface area (Å²) in [5.41, 5.74) is 6.10. The maximum Gasteiger partial charge on any atom is 0.0663 e. The normalized spacial score (nSPS) is 22.1. The Bertz CT molecular complexity index is 571. The van der Waals surface area contributed by atoms with Crippen LogP contribution >= 0.6 is 0 Å². The monoisotopic (exact) mass is 695 g/mol. The van der Waals surface area contributed by atoms with E-state index in [2.05, 4.69) is 107 Å². The van der Waals surface area contributed by atoms with Crippen LogP contribution in [0.3, 0.4) is 0 Å². The molecular formula is C32H59OSi3Sm-. The summed E-state index contributed by atoms with van der Waals surface area (Å²) in [7, 11) is -1.70. The van der Waals surface area contributed by atoms with Crippen LogP contribution in [0.15, 0.2) is 0 Å². The molecule has 0 amide bonds. The van der Waals surface area contributed by atoms with Gasteiger partial charge in [0.15, 0.2) is 0 Å². The zero-order chi connectivity index (χ0) is 28.2. The Morgan fingerprint density at radius 1 is 0.514 bits per heavy atom. The summed E-state index contributed by atoms with van der Waals surface area (Å²) in [6.07, 6.45) is 3.75. The van der Waals surface area contributed by atoms with Crippen molar-refractivity contribution in [1.29, 1.82) is 0 Å². The first-order chi connectivity index (χ1) is 16.3. The van der Waals surface area contributed by atoms with Crippen LogP contribution in [0.1, 0.15) is 74.7 Å². The van der Waals surface area contributed by atoms with Crippen LogP contribution < -0.4 is 0 Å². The molecule has 1 nitrogen and oxygen atoms in total. The summed E-state index contributed by atoms with van der Waals surface area (Å²) < 4.78 is 5.27. The number of hydrogen-bond donors (Lipinski definition) is 0. The molecule has 0 bridgehead atoms. The molecule has 5 heteroatoms. The van der Waals surface area contributed by atoms with Gasteiger partial charge in [-0.15, -0.1) is 16.1 Å². The van der Waals surface area contributed by atoms with Gasteiger partial charge >= 0.3 is 0 Å². The molecular weight excluding hydrogens is 635 g/mol. The summed E-state index contributed by atoms with van der Waals surface area (Å²) >= 11 is 0. The van der Waals surface area contributed by atoms with Gasteiger partial charge in [0, 0.05) is 54.1 Å². The van der Waals surface area contributed by atoms with E-state index in [0.29, 0.717) is 0 Å². The van der Waals surface area contributed by atoms with Crippen molar-refractivity contribution in [3.63, 3.8) is 0 Å². The summed E-state index contributed by atoms with van der Waals surface area (Å²) in [4.78, 5) is 0. The number of unbranched alkanes of at least 4 members (excludes halogenated alkanes) is 2. The first kappa shape index (κ1) is 38.9. The Morgan fingerprint density at radius 2 is 0.838 bits per heavy atom. The molecule has 2 aliphatic rings. The Balaban J connectivity index is 0.00000111. The van der Waals surface area contributed by atoms with Crippen LogP contribution in [0.2, 0.25) is 51.9 Å². The molecule has 0 atom stereocenters. The van der Waals surface area contributed by atoms with E-state index in [9.17, 15) is 0 Å². The van der Waals surface area contributed by atoms with Crippen LogP contribution in [-0.2, 0) is 4.74 Å². The van der Waals surface area contributed by atoms with Gasteiger partial charge in [-0.1, -0.05) is 120 Å². The Labute approximate surface area is 271 Å². The van der Waals surface area contributed by atoms with Crippen molar-refractivity contribution < 1.29 is 45.1 Å². The average molecular weight is 694 g/mol. The molecule has 0 aliphatic heterocycles. The van der Waals surface area contributed by atoms with Crippen molar-refractivity contribution in [1.82, 2.24) is 0 Å². The van der Waals surface area contributed by atoms with E-state index >= 15 is 0 Å². The van der Waals surface area contributed by atoms with Gasteiger partial charge in [-0.25, -0.2) is 0 Å². The Hall–Kier alpha value is 1.95. The predicted molar refractivity (Wildman–Crippen MR) is 171 cm³/mol. The summed E-state index contributed by atoms with van der Waals surface area (Å²) in [6.45, 7) is 36.7. The molecule has 0 aromatic rings. The summed E-state index contributed by atoms with van der Waals surface area (Å²) in [6, 6.07) is 1.34. The molecule has 0 unspecified atom stereocenters. The van der Waals surface area contributed by atoms with Crippen LogP contribution in [0, 0.1) is 104 Å². The minimum absolute atomic E-state index is 0. The smallest absolute Gasteiger partial charge is 0.0663 e. The molecule has 0 aromatic heterocycles. The molecule has 0 N–H and O–H groups in total. The SMILES string of the molecule is COCCCCC[Si](C)([C]1[C](C)[C](C)[C](C)[C]1C)[C]1[C](C)[C](C)[C](C)[C]1C.C[Si](C)(C)[CH-][Si](C)(C)C.[Sm]. The fourth-order valence-electron chi connectivity index (χ4n) is 6.67. The molecule has 2 aliphatic carbocycles. The number of hydrogen-bond acceptors (Lipinski definition) is 1. The number of ether oxygens (including phenoxy) is 1. The maximum atomic E-state index is 5.27. The van der Waals surface area contributed by atoms with Crippen molar-refractivity contribution >= 4 is 24.2 Å². The quantitative estimate of drug-likeness (QED) is 0.126. The molecule has 2 fully saturated rings. The second-order valence-corrected chi connectivity index (χ2v) is 28.5. The third-order valence-electron chi connectivity index (χ3n) is 8.37. The average Bonchev–Trinajstić information content (AvgIpc) is 3.05. The van der Waals surface area contributed by atoms with Crippen LogP contribution in [0.5, 0.6) is 0 Å². The first-order valence-electron chi connectivity index (χ1n) is 14.1. The molecule has 0 heterocycles. The fraction of sp³-hybridized carbons (Fsp3) is 0.656. The zero-order valence-electron chi connectivity index (χ0n) is 27.4. The molecule has 37 heavy (non-hydrogen) atoms. The standard InChI is InChI=1S/C25H40OSi.C7H19Si2.Sm/c1-16-17(2)21(6)24(20(16)5)27(10,15-13-11-12-14-26-9)25-22(7)18(3)19(4)23(25)8;1-8(2,3)7-9(4,5)6;/h11-15H2,1-10H3;7H,1-6H3;/q;-1;. The van der Waals surface area contributed by atoms with Crippen molar-refractivity contribution in [3.8, 4) is 0 Å². The number of rotatable bonds is 10. The van der Waals surface area contributed by atoms with Gasteiger partial charge < -0.3 is 10.4 Å². The minimum atomic E-state index is -1.80. The van der Waals surface area contributed by atoms with E-state index in [1.54, 1.807) is 34.8 Å². The summed E-state index contributed by atoms with van der Waals surface area (Å²) in [5.74, 6) is 12.3. The van der Waals surface area contributed by atoms with Crippen molar-refractivity contribution in [2.75, 3.05) is 13.7 Å². The minimum Gasteiger partial charge on any atom is -0.385 e. The van der Waals surface area contributed by atoms with Crippen molar-refractivity contribution in [2.45, 2.75) is 127 Å². The first-order valence-corrected chi connectivity index (χ1v) is 24.0. The van der Waals surface area contributed by atoms with Gasteiger partial charge in [-0.05, 0) is 64.8 Å². The summed E-state index contributed by atoms with van der Waals surface area (Å²) in [5, 5.41) is 0. The van der Waals surface area contributed by atoms with Crippen molar-refractivity contribution in [3.05, 3.63) is 64.1 Å². The largest absolute Gasteiger partial charge is 0.385 e. The molecule has 0 aromatic carbocycles. The predicted octanol–water partition coefficient (Wildman–Crippen LogP) is 9.84. The third-order valence-corrected chi connectivity index (χ3v) is 20.4. The van der Waals surface area contributed by atoms with Crippen molar-refractivity contribution in [2.24, 2.45) is 0 Å². The van der Waals surface area contributed by atoms with E-state index in [-0.39, 0.29) is 40.4 Å². The van der Waals surface area contributed by atoms with Gasteiger partial charge in [0.05, 0.1) is 8.07 Å². The second-order valence-electron chi connectivity index (χ2n) is 13.8. The van der Waals surface area contributed by atoms with Gasteiger partial charge in [-0.2, -0.15) is 0 Å². The van der Waals surface area contributed by atoms with Gasteiger partial charge in [0.2, 0.25) is 0 Å². The third kappa shape index (κ3) is 10.6. The van der Waals surface area contributed by atoms with Gasteiger partial charge in [0.25, 0.3) is 0 Å². The molecule has 2 rings (SSSR count). The maximum absolute atomic E-state index is 5.27. The van der Waals surface area contributed by atoms with Crippen LogP contribution in [0.25, 0.3) is 0 Å². The van der Waals surface area contributed by atoms with E-state index in [4.69, 9.17) is 4.74 Å². The molecule has 10 radical (unpaired) electrons. The van der Waals surface area contributed by atoms with Crippen LogP contribution in [-0.4, -0.2) is 37.9 Å². The Morgan fingerprint density at radius 3 is 1.08 bits per heavy atom. The molecule has 2 saturated carbocycles. The van der Waals surface area contributed by atoms with Gasteiger partial charge in [-0.3, -0.25) is 0 Å². The van der Waals surface area contributed by atoms with E-state index in [1.165, 1.54) is 49.0 Å². The number of methoxy groups -OCH3 is 1. The van der Waals surface area contributed by atoms with Gasteiger partial charge in [0.1, 0.15) is 0 Å². The molecule has 0 saturated heterocycles.